The maximum atomic E-state index is 13.1. The van der Waals surface area contributed by atoms with E-state index >= 15 is 0 Å². The summed E-state index contributed by atoms with van der Waals surface area (Å²) in [6.45, 7) is 10.4. The second kappa shape index (κ2) is 16.2. The van der Waals surface area contributed by atoms with Crippen molar-refractivity contribution in [3.63, 3.8) is 0 Å². The average molecular weight is 680 g/mol. The van der Waals surface area contributed by atoms with E-state index in [0.29, 0.717) is 18.5 Å². The highest BCUT2D eigenvalue weighted by atomic mass is 32.2. The average Bonchev–Trinajstić information content (AvgIpc) is 3.37. The molecule has 11 nitrogen and oxygen atoms in total. The second-order valence-corrected chi connectivity index (χ2v) is 15.0. The van der Waals surface area contributed by atoms with Crippen molar-refractivity contribution in [2.24, 2.45) is 0 Å². The molecule has 2 N–H and O–H groups in total. The zero-order valence-corrected chi connectivity index (χ0v) is 29.4. The molecular formula is C36H49N5O6S. The van der Waals surface area contributed by atoms with Crippen LogP contribution in [0, 0.1) is 0 Å². The van der Waals surface area contributed by atoms with E-state index < -0.39 is 11.6 Å². The van der Waals surface area contributed by atoms with Gasteiger partial charge in [-0.15, -0.1) is 0 Å². The minimum Gasteiger partial charge on any atom is -0.490 e. The van der Waals surface area contributed by atoms with Crippen LogP contribution in [0.3, 0.4) is 0 Å². The third-order valence-corrected chi connectivity index (χ3v) is 10.0. The molecule has 0 aliphatic carbocycles. The van der Waals surface area contributed by atoms with E-state index in [4.69, 9.17) is 9.47 Å². The summed E-state index contributed by atoms with van der Waals surface area (Å²) >= 11 is 1.73. The molecule has 2 fully saturated rings. The summed E-state index contributed by atoms with van der Waals surface area (Å²) < 4.78 is 14.2. The number of piperidine rings is 2. The van der Waals surface area contributed by atoms with Crippen molar-refractivity contribution in [2.75, 3.05) is 33.2 Å². The van der Waals surface area contributed by atoms with E-state index in [2.05, 4.69) is 38.0 Å². The molecule has 2 aromatic carbocycles. The number of carbonyl (C=O) groups is 4. The van der Waals surface area contributed by atoms with Crippen LogP contribution in [0.15, 0.2) is 47.4 Å². The number of amides is 3. The molecule has 5 rings (SSSR count). The molecule has 12 heteroatoms. The number of benzene rings is 2. The highest BCUT2D eigenvalue weighted by molar-refractivity contribution is 7.97. The molecule has 3 amide bonds. The highest BCUT2D eigenvalue weighted by Gasteiger charge is 2.36. The molecule has 3 aliphatic rings. The number of likely N-dealkylation sites (tertiary alicyclic amines) is 1. The van der Waals surface area contributed by atoms with E-state index in [9.17, 15) is 19.2 Å². The molecule has 2 saturated heterocycles. The zero-order chi connectivity index (χ0) is 34.3. The van der Waals surface area contributed by atoms with Gasteiger partial charge in [-0.25, -0.2) is 9.10 Å². The lowest BCUT2D eigenvalue weighted by Gasteiger charge is -2.33. The first-order valence-electron chi connectivity index (χ1n) is 17.0. The number of hydrogen-bond donors (Lipinski definition) is 2. The largest absolute Gasteiger partial charge is 0.490 e. The summed E-state index contributed by atoms with van der Waals surface area (Å²) in [4.78, 5) is 53.8. The van der Waals surface area contributed by atoms with Crippen LogP contribution < -0.4 is 15.4 Å². The van der Waals surface area contributed by atoms with Gasteiger partial charge in [-0.1, -0.05) is 18.2 Å². The molecule has 0 aromatic heterocycles. The highest BCUT2D eigenvalue weighted by Crippen LogP contribution is 2.31. The van der Waals surface area contributed by atoms with Crippen LogP contribution in [-0.4, -0.2) is 95.3 Å². The first-order chi connectivity index (χ1) is 23.0. The Bertz CT molecular complexity index is 1450. The van der Waals surface area contributed by atoms with Gasteiger partial charge >= 0.3 is 6.09 Å². The Labute approximate surface area is 288 Å². The maximum absolute atomic E-state index is 13.1. The van der Waals surface area contributed by atoms with Crippen LogP contribution in [0.25, 0.3) is 0 Å². The smallest absolute Gasteiger partial charge is 0.407 e. The molecule has 0 radical (unpaired) electrons. The summed E-state index contributed by atoms with van der Waals surface area (Å²) in [7, 11) is 1.55. The SMILES string of the molecule is CNC(=O)C(CCC=O)N1Cc2cc(CN3CCC(Oc4cccc(SN5CCC(NC(=O)OC(C)(C)C)CC5)c4)CC3)ccc2C1=O. The quantitative estimate of drug-likeness (QED) is 0.241. The normalized spacial score (nSPS) is 18.7. The molecule has 1 unspecified atom stereocenters. The Morgan fingerprint density at radius 3 is 2.48 bits per heavy atom. The molecular weight excluding hydrogens is 630 g/mol. The van der Waals surface area contributed by atoms with Crippen LogP contribution in [0.4, 0.5) is 4.79 Å². The predicted molar refractivity (Wildman–Crippen MR) is 185 cm³/mol. The fraction of sp³-hybridized carbons (Fsp3) is 0.556. The van der Waals surface area contributed by atoms with Crippen molar-refractivity contribution in [1.29, 1.82) is 0 Å². The van der Waals surface area contributed by atoms with E-state index in [-0.39, 0.29) is 36.5 Å². The van der Waals surface area contributed by atoms with Crippen LogP contribution in [0.5, 0.6) is 5.75 Å². The number of alkyl carbamates (subject to hydrolysis) is 1. The standard InChI is InChI=1S/C36H49N5O6S/c1-36(2,3)47-35(45)38-27-12-18-40(19-13-27)48-30-8-5-7-29(22-30)46-28-14-16-39(17-15-28)23-25-10-11-31-26(21-25)24-41(34(31)44)32(9-6-20-42)33(43)37-4/h5,7-8,10-11,20-22,27-28,32H,6,9,12-19,23-24H2,1-4H3,(H,37,43)(H,38,45). The summed E-state index contributed by atoms with van der Waals surface area (Å²) in [6.07, 6.45) is 4.74. The molecule has 48 heavy (non-hydrogen) atoms. The van der Waals surface area contributed by atoms with Crippen LogP contribution >= 0.6 is 11.9 Å². The predicted octanol–water partition coefficient (Wildman–Crippen LogP) is 4.78. The summed E-state index contributed by atoms with van der Waals surface area (Å²) in [6, 6.07) is 13.7. The summed E-state index contributed by atoms with van der Waals surface area (Å²) in [5.74, 6) is 0.477. The Morgan fingerprint density at radius 2 is 1.79 bits per heavy atom. The number of nitrogens with zero attached hydrogens (tertiary/aromatic N) is 3. The van der Waals surface area contributed by atoms with Crippen LogP contribution in [0.1, 0.15) is 80.8 Å². The van der Waals surface area contributed by atoms with Gasteiger partial charge in [-0.2, -0.15) is 0 Å². The van der Waals surface area contributed by atoms with Gasteiger partial charge < -0.3 is 29.8 Å². The van der Waals surface area contributed by atoms with E-state index in [1.165, 1.54) is 0 Å². The van der Waals surface area contributed by atoms with Crippen molar-refractivity contribution in [1.82, 2.24) is 24.7 Å². The van der Waals surface area contributed by atoms with Gasteiger partial charge in [-0.05, 0) is 100 Å². The lowest BCUT2D eigenvalue weighted by Crippen LogP contribution is -2.46. The number of hydrogen-bond acceptors (Lipinski definition) is 9. The Kier molecular flexibility index (Phi) is 12.0. The van der Waals surface area contributed by atoms with Gasteiger partial charge in [-0.3, -0.25) is 14.5 Å². The Balaban J connectivity index is 1.06. The molecule has 2 aromatic rings. The number of nitrogens with one attached hydrogen (secondary N) is 2. The van der Waals surface area contributed by atoms with Crippen LogP contribution in [0.2, 0.25) is 0 Å². The summed E-state index contributed by atoms with van der Waals surface area (Å²) in [5, 5.41) is 5.63. The van der Waals surface area contributed by atoms with E-state index in [1.807, 2.05) is 45.0 Å². The van der Waals surface area contributed by atoms with Gasteiger partial charge in [0.1, 0.15) is 29.8 Å². The second-order valence-electron chi connectivity index (χ2n) is 13.8. The number of fused-ring (bicyclic) bond motifs is 1. The van der Waals surface area contributed by atoms with Gasteiger partial charge in [0.2, 0.25) is 5.91 Å². The van der Waals surface area contributed by atoms with Gasteiger partial charge in [0.15, 0.2) is 0 Å². The fourth-order valence-corrected chi connectivity index (χ4v) is 7.52. The first kappa shape index (κ1) is 35.7. The number of likely N-dealkylation sites (N-methyl/N-ethyl adjacent to an activating group) is 1. The minimum atomic E-state index is -0.658. The number of carbonyl (C=O) groups excluding carboxylic acids is 4. The first-order valence-corrected chi connectivity index (χ1v) is 17.8. The molecule has 260 valence electrons. The summed E-state index contributed by atoms with van der Waals surface area (Å²) in [5.41, 5.74) is 2.20. The van der Waals surface area contributed by atoms with E-state index in [0.717, 1.165) is 86.5 Å². The van der Waals surface area contributed by atoms with Crippen molar-refractivity contribution < 1.29 is 28.7 Å². The lowest BCUT2D eigenvalue weighted by atomic mass is 10.0. The van der Waals surface area contributed by atoms with Crippen molar-refractivity contribution >= 4 is 36.1 Å². The minimum absolute atomic E-state index is 0.127. The van der Waals surface area contributed by atoms with Gasteiger partial charge in [0.25, 0.3) is 5.91 Å². The molecule has 0 bridgehead atoms. The Morgan fingerprint density at radius 1 is 1.04 bits per heavy atom. The number of ether oxygens (including phenoxy) is 2. The lowest BCUT2D eigenvalue weighted by molar-refractivity contribution is -0.125. The molecule has 0 saturated carbocycles. The zero-order valence-electron chi connectivity index (χ0n) is 28.5. The Hall–Kier alpha value is -3.61. The van der Waals surface area contributed by atoms with Gasteiger partial charge in [0.05, 0.1) is 0 Å². The third-order valence-electron chi connectivity index (χ3n) is 8.94. The number of aldehydes is 1. The topological polar surface area (TPSA) is 121 Å². The van der Waals surface area contributed by atoms with Crippen molar-refractivity contribution in [3.8, 4) is 5.75 Å². The van der Waals surface area contributed by atoms with Gasteiger partial charge in [0, 0.05) is 69.2 Å². The van der Waals surface area contributed by atoms with E-state index in [1.54, 1.807) is 23.9 Å². The van der Waals surface area contributed by atoms with Crippen LogP contribution in [-0.2, 0) is 27.4 Å². The molecule has 3 heterocycles. The van der Waals surface area contributed by atoms with Crippen molar-refractivity contribution in [2.45, 2.75) is 101 Å². The molecule has 0 spiro atoms. The number of rotatable bonds is 12. The molecule has 3 aliphatic heterocycles. The maximum Gasteiger partial charge on any atom is 0.407 e. The third kappa shape index (κ3) is 9.73. The van der Waals surface area contributed by atoms with Crippen molar-refractivity contribution in [3.05, 3.63) is 59.2 Å². The fourth-order valence-electron chi connectivity index (χ4n) is 6.52. The molecule has 1 atom stereocenters. The monoisotopic (exact) mass is 679 g/mol.